The molecule has 0 saturated carbocycles. The molecule has 20 heavy (non-hydrogen) atoms. The van der Waals surface area contributed by atoms with Crippen molar-refractivity contribution in [2.24, 2.45) is 0 Å². The second-order valence-corrected chi connectivity index (χ2v) is 4.34. The minimum Gasteiger partial charge on any atom is -0.477 e. The van der Waals surface area contributed by atoms with Gasteiger partial charge in [-0.25, -0.2) is 9.18 Å². The number of hydrogen-bond acceptors (Lipinski definition) is 3. The lowest BCUT2D eigenvalue weighted by Gasteiger charge is -2.08. The Morgan fingerprint density at radius 2 is 2.15 bits per heavy atom. The van der Waals surface area contributed by atoms with E-state index in [2.05, 4.69) is 0 Å². The number of aryl methyl sites for hydroxylation is 1. The minimum atomic E-state index is -1.25. The van der Waals surface area contributed by atoms with Gasteiger partial charge in [-0.15, -0.1) is 0 Å². The first kappa shape index (κ1) is 13.7. The first-order chi connectivity index (χ1) is 9.38. The second kappa shape index (κ2) is 5.12. The number of aromatic carboxylic acids is 1. The van der Waals surface area contributed by atoms with Crippen molar-refractivity contribution in [3.05, 3.63) is 63.2 Å². The molecule has 0 fully saturated rings. The number of aromatic nitrogens is 1. The summed E-state index contributed by atoms with van der Waals surface area (Å²) in [6, 6.07) is 5.12. The zero-order valence-electron chi connectivity index (χ0n) is 10.5. The summed E-state index contributed by atoms with van der Waals surface area (Å²) in [6.07, 6.45) is 1.16. The van der Waals surface area contributed by atoms with Crippen molar-refractivity contribution < 1.29 is 19.2 Å². The lowest BCUT2D eigenvalue weighted by molar-refractivity contribution is -0.384. The number of rotatable bonds is 4. The fraction of sp³-hybridized carbons (Fsp3) is 0.154. The van der Waals surface area contributed by atoms with Gasteiger partial charge in [-0.05, 0) is 30.2 Å². The van der Waals surface area contributed by atoms with Gasteiger partial charge in [0.25, 0.3) is 5.69 Å². The van der Waals surface area contributed by atoms with Crippen LogP contribution in [0.1, 0.15) is 21.6 Å². The third-order valence-corrected chi connectivity index (χ3v) is 2.96. The van der Waals surface area contributed by atoms with E-state index < -0.39 is 10.9 Å². The van der Waals surface area contributed by atoms with E-state index in [0.717, 1.165) is 12.3 Å². The Morgan fingerprint density at radius 1 is 1.45 bits per heavy atom. The van der Waals surface area contributed by atoms with Crippen LogP contribution >= 0.6 is 0 Å². The molecule has 0 unspecified atom stereocenters. The molecule has 1 aromatic heterocycles. The van der Waals surface area contributed by atoms with Crippen LogP contribution in [0.15, 0.2) is 30.5 Å². The third kappa shape index (κ3) is 2.66. The molecule has 2 aromatic rings. The monoisotopic (exact) mass is 278 g/mol. The van der Waals surface area contributed by atoms with Crippen molar-refractivity contribution in [1.29, 1.82) is 0 Å². The topological polar surface area (TPSA) is 85.4 Å². The number of hydrogen-bond donors (Lipinski definition) is 1. The van der Waals surface area contributed by atoms with Crippen LogP contribution in [-0.4, -0.2) is 20.6 Å². The number of halogens is 1. The molecule has 6 nitrogen and oxygen atoms in total. The van der Waals surface area contributed by atoms with E-state index in [9.17, 15) is 19.3 Å². The quantitative estimate of drug-likeness (QED) is 0.688. The van der Waals surface area contributed by atoms with Gasteiger partial charge in [-0.1, -0.05) is 6.07 Å². The van der Waals surface area contributed by atoms with E-state index in [1.807, 2.05) is 0 Å². The maximum Gasteiger partial charge on any atom is 0.352 e. The summed E-state index contributed by atoms with van der Waals surface area (Å²) in [7, 11) is 0. The Labute approximate surface area is 113 Å². The Hall–Kier alpha value is -2.70. The Bertz CT molecular complexity index is 694. The Balaban J connectivity index is 2.42. The van der Waals surface area contributed by atoms with Crippen LogP contribution in [0.5, 0.6) is 0 Å². The molecule has 0 bridgehead atoms. The largest absolute Gasteiger partial charge is 0.477 e. The van der Waals surface area contributed by atoms with Gasteiger partial charge in [0.1, 0.15) is 11.5 Å². The van der Waals surface area contributed by atoms with Gasteiger partial charge in [0.2, 0.25) is 0 Å². The summed E-state index contributed by atoms with van der Waals surface area (Å²) in [5.41, 5.74) is 0.875. The number of nitrogens with zero attached hydrogens (tertiary/aromatic N) is 2. The summed E-state index contributed by atoms with van der Waals surface area (Å²) in [5.74, 6) is -1.64. The first-order valence-corrected chi connectivity index (χ1v) is 5.71. The molecule has 1 N–H and O–H groups in total. The number of carboxylic acids is 1. The average Bonchev–Trinajstić information content (AvgIpc) is 2.77. The summed E-state index contributed by atoms with van der Waals surface area (Å²) >= 11 is 0. The molecule has 0 radical (unpaired) electrons. The van der Waals surface area contributed by atoms with E-state index in [4.69, 9.17) is 5.11 Å². The zero-order valence-corrected chi connectivity index (χ0v) is 10.5. The van der Waals surface area contributed by atoms with E-state index >= 15 is 0 Å². The average molecular weight is 278 g/mol. The molecule has 0 saturated heterocycles. The molecule has 0 aliphatic heterocycles. The highest BCUT2D eigenvalue weighted by Gasteiger charge is 2.19. The zero-order chi connectivity index (χ0) is 14.9. The number of benzene rings is 1. The van der Waals surface area contributed by atoms with Crippen molar-refractivity contribution in [2.45, 2.75) is 13.5 Å². The smallest absolute Gasteiger partial charge is 0.352 e. The summed E-state index contributed by atoms with van der Waals surface area (Å²) < 4.78 is 14.3. The van der Waals surface area contributed by atoms with Gasteiger partial charge in [0.05, 0.1) is 11.1 Å². The molecule has 0 aliphatic rings. The Kier molecular flexibility index (Phi) is 3.51. The van der Waals surface area contributed by atoms with Crippen LogP contribution < -0.4 is 0 Å². The molecule has 7 heteroatoms. The van der Waals surface area contributed by atoms with Gasteiger partial charge in [-0.3, -0.25) is 10.1 Å². The van der Waals surface area contributed by atoms with E-state index in [0.29, 0.717) is 11.1 Å². The summed E-state index contributed by atoms with van der Waals surface area (Å²) in [5, 5.41) is 19.8. The van der Waals surface area contributed by atoms with Gasteiger partial charge in [-0.2, -0.15) is 0 Å². The lowest BCUT2D eigenvalue weighted by atomic mass is 10.1. The first-order valence-electron chi connectivity index (χ1n) is 5.71. The Morgan fingerprint density at radius 3 is 2.70 bits per heavy atom. The molecule has 2 rings (SSSR count). The van der Waals surface area contributed by atoms with Crippen molar-refractivity contribution in [3.63, 3.8) is 0 Å². The molecule has 104 valence electrons. The molecule has 0 atom stereocenters. The van der Waals surface area contributed by atoms with Gasteiger partial charge in [0.15, 0.2) is 0 Å². The van der Waals surface area contributed by atoms with Crippen LogP contribution in [0, 0.1) is 22.9 Å². The van der Waals surface area contributed by atoms with Gasteiger partial charge < -0.3 is 9.67 Å². The molecule has 0 spiro atoms. The normalized spacial score (nSPS) is 10.5. The van der Waals surface area contributed by atoms with Crippen LogP contribution in [0.4, 0.5) is 10.1 Å². The molecular weight excluding hydrogens is 267 g/mol. The van der Waals surface area contributed by atoms with Crippen LogP contribution in [0.2, 0.25) is 0 Å². The standard InChI is InChI=1S/C13H11FN2O4/c1-8-4-10(14)3-2-9(8)6-15-7-11(16(19)20)5-12(15)13(17)18/h2-5,7H,6H2,1H3,(H,17,18). The van der Waals surface area contributed by atoms with Crippen molar-refractivity contribution in [1.82, 2.24) is 4.57 Å². The van der Waals surface area contributed by atoms with E-state index in [1.165, 1.54) is 22.8 Å². The number of nitro groups is 1. The number of carboxylic acid groups (broad SMARTS) is 1. The van der Waals surface area contributed by atoms with Crippen molar-refractivity contribution >= 4 is 11.7 Å². The van der Waals surface area contributed by atoms with Crippen LogP contribution in [0.3, 0.4) is 0 Å². The van der Waals surface area contributed by atoms with Crippen molar-refractivity contribution in [2.75, 3.05) is 0 Å². The number of carbonyl (C=O) groups is 1. The van der Waals surface area contributed by atoms with Gasteiger partial charge >= 0.3 is 5.97 Å². The maximum atomic E-state index is 13.0. The molecule has 1 heterocycles. The molecule has 0 amide bonds. The van der Waals surface area contributed by atoms with E-state index in [1.54, 1.807) is 6.92 Å². The maximum absolute atomic E-state index is 13.0. The molecule has 0 aliphatic carbocycles. The van der Waals surface area contributed by atoms with Gasteiger partial charge in [0, 0.05) is 12.6 Å². The predicted molar refractivity (Wildman–Crippen MR) is 68.3 cm³/mol. The highest BCUT2D eigenvalue weighted by atomic mass is 19.1. The lowest BCUT2D eigenvalue weighted by Crippen LogP contribution is -2.09. The van der Waals surface area contributed by atoms with Crippen molar-refractivity contribution in [3.8, 4) is 0 Å². The summed E-state index contributed by atoms with van der Waals surface area (Å²) in [6.45, 7) is 1.82. The highest BCUT2D eigenvalue weighted by Crippen LogP contribution is 2.19. The predicted octanol–water partition coefficient (Wildman–Crippen LogP) is 2.59. The third-order valence-electron chi connectivity index (χ3n) is 2.96. The second-order valence-electron chi connectivity index (χ2n) is 4.34. The summed E-state index contributed by atoms with van der Waals surface area (Å²) in [4.78, 5) is 21.1. The highest BCUT2D eigenvalue weighted by molar-refractivity contribution is 5.87. The molecule has 1 aromatic carbocycles. The fourth-order valence-electron chi connectivity index (χ4n) is 1.92. The minimum absolute atomic E-state index is 0.127. The van der Waals surface area contributed by atoms with E-state index in [-0.39, 0.29) is 23.7 Å². The fourth-order valence-corrected chi connectivity index (χ4v) is 1.92. The van der Waals surface area contributed by atoms with Crippen LogP contribution in [-0.2, 0) is 6.54 Å². The SMILES string of the molecule is Cc1cc(F)ccc1Cn1cc([N+](=O)[O-])cc1C(=O)O. The molecular formula is C13H11FN2O4. The van der Waals surface area contributed by atoms with Crippen LogP contribution in [0.25, 0.3) is 0 Å².